The smallest absolute Gasteiger partial charge is 0.370 e. The highest BCUT2D eigenvalue weighted by Gasteiger charge is 2.35. The molecule has 0 spiro atoms. The van der Waals surface area contributed by atoms with Gasteiger partial charge in [-0.3, -0.25) is 4.68 Å². The van der Waals surface area contributed by atoms with Gasteiger partial charge in [-0.25, -0.2) is 9.97 Å². The summed E-state index contributed by atoms with van der Waals surface area (Å²) in [5.41, 5.74) is 5.81. The van der Waals surface area contributed by atoms with Gasteiger partial charge in [-0.2, -0.15) is 18.3 Å². The van der Waals surface area contributed by atoms with Crippen molar-refractivity contribution < 1.29 is 13.2 Å². The molecule has 9 heteroatoms. The van der Waals surface area contributed by atoms with Crippen LogP contribution >= 0.6 is 0 Å². The number of rotatable bonds is 6. The van der Waals surface area contributed by atoms with Crippen LogP contribution in [0.25, 0.3) is 0 Å². The molecule has 2 rings (SSSR count). The summed E-state index contributed by atoms with van der Waals surface area (Å²) in [6.07, 6.45) is -3.01. The molecule has 0 radical (unpaired) electrons. The molecule has 0 unspecified atom stereocenters. The summed E-state index contributed by atoms with van der Waals surface area (Å²) in [5.74, 6) is 0.520. The number of nitrogens with zero attached hydrogens (tertiary/aromatic N) is 4. The number of nitrogens with two attached hydrogens (primary N) is 1. The molecule has 0 bridgehead atoms. The van der Waals surface area contributed by atoms with E-state index < -0.39 is 11.9 Å². The lowest BCUT2D eigenvalue weighted by molar-refractivity contribution is -0.144. The van der Waals surface area contributed by atoms with Crippen LogP contribution in [0.1, 0.15) is 24.0 Å². The van der Waals surface area contributed by atoms with Crippen molar-refractivity contribution in [3.8, 4) is 0 Å². The van der Waals surface area contributed by atoms with Gasteiger partial charge >= 0.3 is 6.18 Å². The maximum atomic E-state index is 12.9. The maximum Gasteiger partial charge on any atom is 0.433 e. The summed E-state index contributed by atoms with van der Waals surface area (Å²) in [7, 11) is 0. The van der Waals surface area contributed by atoms with Crippen molar-refractivity contribution in [2.75, 3.05) is 11.9 Å². The maximum absolute atomic E-state index is 12.9. The van der Waals surface area contributed by atoms with Crippen LogP contribution in [0.5, 0.6) is 0 Å². The number of halogens is 3. The monoisotopic (exact) mass is 328 g/mol. The van der Waals surface area contributed by atoms with E-state index in [0.717, 1.165) is 10.7 Å². The standard InChI is InChI=1S/C14H19F3N6/c1-9(6-19-13-4-11(5-18)20-8-21-13)7-23-12(14(15,16)17)3-10(2)22-23/h3-4,8-9H,5-7,18H2,1-2H3,(H,19,20,21)/t9-/m1/s1. The van der Waals surface area contributed by atoms with Crippen LogP contribution in [0.3, 0.4) is 0 Å². The Balaban J connectivity index is 1.98. The van der Waals surface area contributed by atoms with Gasteiger partial charge in [0.15, 0.2) is 0 Å². The van der Waals surface area contributed by atoms with E-state index in [0.29, 0.717) is 30.3 Å². The molecule has 0 saturated heterocycles. The molecule has 6 nitrogen and oxygen atoms in total. The molecule has 2 aromatic rings. The summed E-state index contributed by atoms with van der Waals surface area (Å²) in [6.45, 7) is 4.30. The van der Waals surface area contributed by atoms with Gasteiger partial charge in [0, 0.05) is 25.7 Å². The topological polar surface area (TPSA) is 81.7 Å². The third kappa shape index (κ3) is 4.65. The first-order valence-corrected chi connectivity index (χ1v) is 7.16. The van der Waals surface area contributed by atoms with Gasteiger partial charge < -0.3 is 11.1 Å². The first-order valence-electron chi connectivity index (χ1n) is 7.16. The normalized spacial score (nSPS) is 13.1. The van der Waals surface area contributed by atoms with Gasteiger partial charge in [0.25, 0.3) is 0 Å². The molecule has 2 heterocycles. The average molecular weight is 328 g/mol. The molecule has 0 aromatic carbocycles. The second-order valence-corrected chi connectivity index (χ2v) is 5.44. The Labute approximate surface area is 131 Å². The van der Waals surface area contributed by atoms with Crippen molar-refractivity contribution in [2.45, 2.75) is 33.1 Å². The summed E-state index contributed by atoms with van der Waals surface area (Å²) in [6, 6.07) is 2.77. The van der Waals surface area contributed by atoms with Gasteiger partial charge in [0.2, 0.25) is 0 Å². The molecule has 0 amide bonds. The van der Waals surface area contributed by atoms with Crippen molar-refractivity contribution in [1.29, 1.82) is 0 Å². The highest BCUT2D eigenvalue weighted by molar-refractivity contribution is 5.34. The molecule has 0 aliphatic carbocycles. The van der Waals surface area contributed by atoms with Gasteiger partial charge in [-0.15, -0.1) is 0 Å². The molecule has 3 N–H and O–H groups in total. The molecule has 126 valence electrons. The molecule has 0 saturated carbocycles. The number of hydrogen-bond acceptors (Lipinski definition) is 5. The summed E-state index contributed by atoms with van der Waals surface area (Å²) < 4.78 is 39.8. The van der Waals surface area contributed by atoms with Crippen molar-refractivity contribution in [1.82, 2.24) is 19.7 Å². The third-order valence-corrected chi connectivity index (χ3v) is 3.24. The Morgan fingerprint density at radius 2 is 2.04 bits per heavy atom. The first kappa shape index (κ1) is 17.2. The van der Waals surface area contributed by atoms with Crippen molar-refractivity contribution in [3.05, 3.63) is 35.5 Å². The number of nitrogens with one attached hydrogen (secondary N) is 1. The van der Waals surface area contributed by atoms with Crippen molar-refractivity contribution in [3.63, 3.8) is 0 Å². The zero-order valence-corrected chi connectivity index (χ0v) is 12.9. The van der Waals surface area contributed by atoms with Crippen LogP contribution in [0.4, 0.5) is 19.0 Å². The Morgan fingerprint density at radius 1 is 1.30 bits per heavy atom. The first-order chi connectivity index (χ1) is 10.8. The van der Waals surface area contributed by atoms with E-state index in [1.165, 1.54) is 6.33 Å². The van der Waals surface area contributed by atoms with E-state index in [9.17, 15) is 13.2 Å². The molecule has 23 heavy (non-hydrogen) atoms. The van der Waals surface area contributed by atoms with Crippen LogP contribution < -0.4 is 11.1 Å². The molecule has 0 fully saturated rings. The zero-order chi connectivity index (χ0) is 17.0. The minimum atomic E-state index is -4.41. The van der Waals surface area contributed by atoms with E-state index in [1.807, 2.05) is 6.92 Å². The highest BCUT2D eigenvalue weighted by atomic mass is 19.4. The summed E-state index contributed by atoms with van der Waals surface area (Å²) in [5, 5.41) is 7.00. The van der Waals surface area contributed by atoms with Crippen LogP contribution in [0, 0.1) is 12.8 Å². The molecule has 0 aliphatic rings. The van der Waals surface area contributed by atoms with Crippen molar-refractivity contribution >= 4 is 5.82 Å². The fourth-order valence-corrected chi connectivity index (χ4v) is 2.16. The van der Waals surface area contributed by atoms with Gasteiger partial charge in [-0.1, -0.05) is 6.92 Å². The summed E-state index contributed by atoms with van der Waals surface area (Å²) >= 11 is 0. The highest BCUT2D eigenvalue weighted by Crippen LogP contribution is 2.30. The van der Waals surface area contributed by atoms with Gasteiger partial charge in [0.1, 0.15) is 17.8 Å². The lowest BCUT2D eigenvalue weighted by atomic mass is 10.2. The number of aromatic nitrogens is 4. The Hall–Kier alpha value is -2.16. The van der Waals surface area contributed by atoms with E-state index in [4.69, 9.17) is 5.73 Å². The van der Waals surface area contributed by atoms with Crippen LogP contribution in [0.15, 0.2) is 18.5 Å². The number of aryl methyl sites for hydroxylation is 1. The number of hydrogen-bond donors (Lipinski definition) is 2. The Bertz CT molecular complexity index is 652. The zero-order valence-electron chi connectivity index (χ0n) is 12.9. The Morgan fingerprint density at radius 3 is 2.70 bits per heavy atom. The molecular formula is C14H19F3N6. The second kappa shape index (κ2) is 6.95. The average Bonchev–Trinajstić information content (AvgIpc) is 2.86. The van der Waals surface area contributed by atoms with E-state index in [2.05, 4.69) is 20.4 Å². The Kier molecular flexibility index (Phi) is 5.19. The minimum absolute atomic E-state index is 0.0771. The largest absolute Gasteiger partial charge is 0.433 e. The quantitative estimate of drug-likeness (QED) is 0.849. The van der Waals surface area contributed by atoms with Gasteiger partial charge in [-0.05, 0) is 18.9 Å². The van der Waals surface area contributed by atoms with E-state index in [-0.39, 0.29) is 12.5 Å². The molecule has 0 aliphatic heterocycles. The predicted molar refractivity (Wildman–Crippen MR) is 79.5 cm³/mol. The SMILES string of the molecule is Cc1cc(C(F)(F)F)n(C[C@H](C)CNc2cc(CN)ncn2)n1. The van der Waals surface area contributed by atoms with E-state index in [1.54, 1.807) is 13.0 Å². The number of alkyl halides is 3. The van der Waals surface area contributed by atoms with E-state index >= 15 is 0 Å². The second-order valence-electron chi connectivity index (χ2n) is 5.44. The van der Waals surface area contributed by atoms with Crippen LogP contribution in [0.2, 0.25) is 0 Å². The lowest BCUT2D eigenvalue weighted by Crippen LogP contribution is -2.22. The fourth-order valence-electron chi connectivity index (χ4n) is 2.16. The minimum Gasteiger partial charge on any atom is -0.370 e. The number of anilines is 1. The lowest BCUT2D eigenvalue weighted by Gasteiger charge is -2.16. The molecule has 2 aromatic heterocycles. The molecule has 1 atom stereocenters. The molecular weight excluding hydrogens is 309 g/mol. The van der Waals surface area contributed by atoms with Crippen LogP contribution in [-0.4, -0.2) is 26.3 Å². The summed E-state index contributed by atoms with van der Waals surface area (Å²) in [4.78, 5) is 8.03. The van der Waals surface area contributed by atoms with Crippen LogP contribution in [-0.2, 0) is 19.3 Å². The van der Waals surface area contributed by atoms with Crippen molar-refractivity contribution in [2.24, 2.45) is 11.7 Å². The predicted octanol–water partition coefficient (Wildman–Crippen LogP) is 2.21. The van der Waals surface area contributed by atoms with Gasteiger partial charge in [0.05, 0.1) is 11.4 Å². The third-order valence-electron chi connectivity index (χ3n) is 3.24. The fraction of sp³-hybridized carbons (Fsp3) is 0.500.